The van der Waals surface area contributed by atoms with E-state index in [4.69, 9.17) is 5.73 Å². The molecule has 0 saturated carbocycles. The first kappa shape index (κ1) is 9.74. The van der Waals surface area contributed by atoms with Gasteiger partial charge in [-0.2, -0.15) is 0 Å². The van der Waals surface area contributed by atoms with Gasteiger partial charge in [-0.25, -0.2) is 0 Å². The molecule has 0 aliphatic rings. The zero-order valence-corrected chi connectivity index (χ0v) is 9.71. The van der Waals surface area contributed by atoms with Crippen molar-refractivity contribution in [2.24, 2.45) is 12.8 Å². The number of hydrogen-bond donors (Lipinski definition) is 1. The largest absolute Gasteiger partial charge is 0.351 e. The molecule has 0 saturated heterocycles. The van der Waals surface area contributed by atoms with E-state index in [1.807, 2.05) is 0 Å². The lowest BCUT2D eigenvalue weighted by molar-refractivity contribution is 0.948. The first-order valence-corrected chi connectivity index (χ1v) is 5.45. The van der Waals surface area contributed by atoms with Crippen molar-refractivity contribution in [3.63, 3.8) is 0 Å². The highest BCUT2D eigenvalue weighted by Gasteiger charge is 2.04. The number of aryl methyl sites for hydroxylation is 1. The normalized spacial score (nSPS) is 11.1. The van der Waals surface area contributed by atoms with Gasteiger partial charge in [-0.05, 0) is 36.7 Å². The Labute approximate surface area is 91.8 Å². The molecule has 2 rings (SSSR count). The quantitative estimate of drug-likeness (QED) is 0.875. The van der Waals surface area contributed by atoms with Crippen LogP contribution < -0.4 is 5.73 Å². The Hall–Kier alpha value is -0.800. The Morgan fingerprint density at radius 1 is 1.43 bits per heavy atom. The van der Waals surface area contributed by atoms with Crippen LogP contribution >= 0.6 is 15.9 Å². The van der Waals surface area contributed by atoms with Crippen LogP contribution in [0.25, 0.3) is 10.9 Å². The maximum absolute atomic E-state index is 5.56. The van der Waals surface area contributed by atoms with E-state index >= 15 is 0 Å². The molecule has 0 fully saturated rings. The minimum absolute atomic E-state index is 0.689. The Bertz CT molecular complexity index is 460. The van der Waals surface area contributed by atoms with Crippen molar-refractivity contribution >= 4 is 26.8 Å². The van der Waals surface area contributed by atoms with Crippen molar-refractivity contribution in [2.45, 2.75) is 6.42 Å². The van der Waals surface area contributed by atoms with Gasteiger partial charge in [-0.1, -0.05) is 15.9 Å². The zero-order valence-electron chi connectivity index (χ0n) is 8.13. The fraction of sp³-hybridized carbons (Fsp3) is 0.273. The number of nitrogens with zero attached hydrogens (tertiary/aromatic N) is 1. The highest BCUT2D eigenvalue weighted by Crippen LogP contribution is 2.25. The summed E-state index contributed by atoms with van der Waals surface area (Å²) < 4.78 is 3.28. The van der Waals surface area contributed by atoms with Gasteiger partial charge < -0.3 is 10.3 Å². The lowest BCUT2D eigenvalue weighted by atomic mass is 10.1. The van der Waals surface area contributed by atoms with Gasteiger partial charge in [0.1, 0.15) is 0 Å². The summed E-state index contributed by atoms with van der Waals surface area (Å²) in [6, 6.07) is 6.47. The fourth-order valence-electron chi connectivity index (χ4n) is 1.68. The van der Waals surface area contributed by atoms with Gasteiger partial charge in [-0.3, -0.25) is 0 Å². The molecule has 0 atom stereocenters. The minimum atomic E-state index is 0.689. The lowest BCUT2D eigenvalue weighted by Gasteiger charge is -2.04. The second-order valence-electron chi connectivity index (χ2n) is 3.47. The molecule has 1 aromatic carbocycles. The molecular weight excluding hydrogens is 240 g/mol. The summed E-state index contributed by atoms with van der Waals surface area (Å²) in [5.74, 6) is 0. The molecule has 1 heterocycles. The van der Waals surface area contributed by atoms with Crippen LogP contribution in [0.4, 0.5) is 0 Å². The van der Waals surface area contributed by atoms with Crippen LogP contribution in [-0.2, 0) is 13.5 Å². The van der Waals surface area contributed by atoms with Crippen molar-refractivity contribution in [1.82, 2.24) is 4.57 Å². The van der Waals surface area contributed by atoms with Crippen LogP contribution in [0.15, 0.2) is 28.9 Å². The van der Waals surface area contributed by atoms with E-state index in [1.54, 1.807) is 0 Å². The summed E-state index contributed by atoms with van der Waals surface area (Å²) in [5.41, 5.74) is 8.10. The van der Waals surface area contributed by atoms with Crippen LogP contribution in [0, 0.1) is 0 Å². The van der Waals surface area contributed by atoms with Gasteiger partial charge in [0.15, 0.2) is 0 Å². The van der Waals surface area contributed by atoms with E-state index in [2.05, 4.69) is 51.9 Å². The summed E-state index contributed by atoms with van der Waals surface area (Å²) in [7, 11) is 2.06. The molecule has 3 heteroatoms. The smallest absolute Gasteiger partial charge is 0.0481 e. The number of halogens is 1. The molecule has 74 valence electrons. The third-order valence-electron chi connectivity index (χ3n) is 2.47. The maximum Gasteiger partial charge on any atom is 0.0481 e. The molecule has 0 radical (unpaired) electrons. The van der Waals surface area contributed by atoms with Gasteiger partial charge in [0.25, 0.3) is 0 Å². The van der Waals surface area contributed by atoms with E-state index < -0.39 is 0 Å². The number of benzene rings is 1. The van der Waals surface area contributed by atoms with Crippen LogP contribution in [0.1, 0.15) is 5.56 Å². The molecule has 0 aliphatic heterocycles. The van der Waals surface area contributed by atoms with E-state index in [0.717, 1.165) is 10.9 Å². The van der Waals surface area contributed by atoms with Crippen LogP contribution in [0.3, 0.4) is 0 Å². The highest BCUT2D eigenvalue weighted by atomic mass is 79.9. The topological polar surface area (TPSA) is 30.9 Å². The number of aromatic nitrogens is 1. The van der Waals surface area contributed by atoms with Gasteiger partial charge in [0, 0.05) is 28.6 Å². The molecule has 0 bridgehead atoms. The molecule has 2 nitrogen and oxygen atoms in total. The summed E-state index contributed by atoms with van der Waals surface area (Å²) in [6.45, 7) is 0.689. The fourth-order valence-corrected chi connectivity index (χ4v) is 2.24. The molecule has 2 N–H and O–H groups in total. The molecule has 0 aliphatic carbocycles. The van der Waals surface area contributed by atoms with Gasteiger partial charge in [0.05, 0.1) is 0 Å². The van der Waals surface area contributed by atoms with Crippen molar-refractivity contribution in [1.29, 1.82) is 0 Å². The van der Waals surface area contributed by atoms with Crippen molar-refractivity contribution in [3.05, 3.63) is 34.4 Å². The Kier molecular flexibility index (Phi) is 2.61. The number of fused-ring (bicyclic) bond motifs is 1. The van der Waals surface area contributed by atoms with Crippen molar-refractivity contribution in [3.8, 4) is 0 Å². The first-order valence-electron chi connectivity index (χ1n) is 4.66. The van der Waals surface area contributed by atoms with Gasteiger partial charge in [-0.15, -0.1) is 0 Å². The Morgan fingerprint density at radius 3 is 2.93 bits per heavy atom. The van der Waals surface area contributed by atoms with Gasteiger partial charge in [0.2, 0.25) is 0 Å². The highest BCUT2D eigenvalue weighted by molar-refractivity contribution is 9.10. The molecule has 2 aromatic rings. The number of hydrogen-bond acceptors (Lipinski definition) is 1. The molecule has 0 amide bonds. The summed E-state index contributed by atoms with van der Waals surface area (Å²) in [4.78, 5) is 0. The number of nitrogens with two attached hydrogens (primary N) is 1. The van der Waals surface area contributed by atoms with E-state index in [-0.39, 0.29) is 0 Å². The van der Waals surface area contributed by atoms with E-state index in [1.165, 1.54) is 16.5 Å². The second kappa shape index (κ2) is 3.75. The predicted octanol–water partition coefficient (Wildman–Crippen LogP) is 2.44. The van der Waals surface area contributed by atoms with Crippen molar-refractivity contribution < 1.29 is 0 Å². The molecule has 0 unspecified atom stereocenters. The van der Waals surface area contributed by atoms with Crippen LogP contribution in [-0.4, -0.2) is 11.1 Å². The monoisotopic (exact) mass is 252 g/mol. The lowest BCUT2D eigenvalue weighted by Crippen LogP contribution is -2.03. The third-order valence-corrected chi connectivity index (χ3v) is 3.21. The molecule has 0 spiro atoms. The van der Waals surface area contributed by atoms with Crippen LogP contribution in [0.5, 0.6) is 0 Å². The zero-order chi connectivity index (χ0) is 10.1. The SMILES string of the molecule is Cn1ccc2cc(Br)c(CCN)cc21. The number of rotatable bonds is 2. The molecular formula is C11H13BrN2. The third kappa shape index (κ3) is 1.57. The summed E-state index contributed by atoms with van der Waals surface area (Å²) in [5, 5.41) is 1.26. The van der Waals surface area contributed by atoms with E-state index in [0.29, 0.717) is 6.54 Å². The maximum atomic E-state index is 5.56. The average Bonchev–Trinajstić information content (AvgIpc) is 2.49. The average molecular weight is 253 g/mol. The predicted molar refractivity (Wildman–Crippen MR) is 63.4 cm³/mol. The summed E-state index contributed by atoms with van der Waals surface area (Å²) >= 11 is 3.56. The standard InChI is InChI=1S/C11H13BrN2/c1-14-5-3-9-6-10(12)8(2-4-13)7-11(9)14/h3,5-7H,2,4,13H2,1H3. The van der Waals surface area contributed by atoms with Crippen LogP contribution in [0.2, 0.25) is 0 Å². The minimum Gasteiger partial charge on any atom is -0.351 e. The second-order valence-corrected chi connectivity index (χ2v) is 4.32. The molecule has 1 aromatic heterocycles. The Balaban J connectivity index is 2.61. The molecule has 14 heavy (non-hydrogen) atoms. The Morgan fingerprint density at radius 2 is 2.21 bits per heavy atom. The summed E-state index contributed by atoms with van der Waals surface area (Å²) in [6.07, 6.45) is 2.99. The first-order chi connectivity index (χ1) is 6.72. The van der Waals surface area contributed by atoms with E-state index in [9.17, 15) is 0 Å². The van der Waals surface area contributed by atoms with Gasteiger partial charge >= 0.3 is 0 Å². The van der Waals surface area contributed by atoms with Crippen molar-refractivity contribution in [2.75, 3.05) is 6.54 Å².